The maximum atomic E-state index is 3.67. The van der Waals surface area contributed by atoms with E-state index in [4.69, 9.17) is 0 Å². The standard InChI is InChI=1S/C18H31N3/c1-5-19-18(17-9-7-6-8-10-17)15(2)13-21-12-11-20(4)14-16(21)3/h6-10,15-16,18-19H,5,11-14H2,1-4H3. The van der Waals surface area contributed by atoms with Crippen LogP contribution in [-0.2, 0) is 0 Å². The van der Waals surface area contributed by atoms with Crippen molar-refractivity contribution in [2.24, 2.45) is 5.92 Å². The summed E-state index contributed by atoms with van der Waals surface area (Å²) >= 11 is 0. The first-order valence-electron chi connectivity index (χ1n) is 8.32. The fourth-order valence-electron chi connectivity index (χ4n) is 3.45. The van der Waals surface area contributed by atoms with Gasteiger partial charge in [0.25, 0.3) is 0 Å². The lowest BCUT2D eigenvalue weighted by Gasteiger charge is -2.40. The van der Waals surface area contributed by atoms with Crippen LogP contribution in [0.15, 0.2) is 30.3 Å². The van der Waals surface area contributed by atoms with Crippen LogP contribution in [0.25, 0.3) is 0 Å². The smallest absolute Gasteiger partial charge is 0.0358 e. The number of nitrogens with zero attached hydrogens (tertiary/aromatic N) is 2. The Kier molecular flexibility index (Phi) is 6.22. The highest BCUT2D eigenvalue weighted by Gasteiger charge is 2.26. The van der Waals surface area contributed by atoms with Gasteiger partial charge in [0.05, 0.1) is 0 Å². The fourth-order valence-corrected chi connectivity index (χ4v) is 3.45. The number of benzene rings is 1. The predicted octanol–water partition coefficient (Wildman–Crippen LogP) is 2.61. The van der Waals surface area contributed by atoms with Crippen LogP contribution < -0.4 is 5.32 Å². The second-order valence-electron chi connectivity index (χ2n) is 6.53. The van der Waals surface area contributed by atoms with Gasteiger partial charge >= 0.3 is 0 Å². The van der Waals surface area contributed by atoms with Crippen LogP contribution in [-0.4, -0.2) is 55.6 Å². The van der Waals surface area contributed by atoms with Gasteiger partial charge in [-0.25, -0.2) is 0 Å². The van der Waals surface area contributed by atoms with E-state index >= 15 is 0 Å². The van der Waals surface area contributed by atoms with Crippen LogP contribution in [0.1, 0.15) is 32.4 Å². The first-order chi connectivity index (χ1) is 10.1. The average Bonchev–Trinajstić information content (AvgIpc) is 2.48. The molecule has 1 aliphatic heterocycles. The van der Waals surface area contributed by atoms with Crippen molar-refractivity contribution >= 4 is 0 Å². The highest BCUT2D eigenvalue weighted by atomic mass is 15.3. The highest BCUT2D eigenvalue weighted by molar-refractivity contribution is 5.19. The molecule has 1 N–H and O–H groups in total. The zero-order valence-corrected chi connectivity index (χ0v) is 14.0. The molecule has 1 fully saturated rings. The minimum Gasteiger partial charge on any atom is -0.310 e. The average molecular weight is 289 g/mol. The summed E-state index contributed by atoms with van der Waals surface area (Å²) < 4.78 is 0. The van der Waals surface area contributed by atoms with Gasteiger partial charge in [0.2, 0.25) is 0 Å². The fraction of sp³-hybridized carbons (Fsp3) is 0.667. The molecule has 1 saturated heterocycles. The Hall–Kier alpha value is -0.900. The Morgan fingerprint density at radius 1 is 1.24 bits per heavy atom. The molecule has 1 aliphatic rings. The molecule has 21 heavy (non-hydrogen) atoms. The topological polar surface area (TPSA) is 18.5 Å². The second kappa shape index (κ2) is 7.92. The van der Waals surface area contributed by atoms with Gasteiger partial charge < -0.3 is 10.2 Å². The van der Waals surface area contributed by atoms with Crippen LogP contribution in [0.5, 0.6) is 0 Å². The molecule has 3 heteroatoms. The van der Waals surface area contributed by atoms with Gasteiger partial charge in [-0.1, -0.05) is 44.2 Å². The molecule has 0 aliphatic carbocycles. The SMILES string of the molecule is CCNC(c1ccccc1)C(C)CN1CCN(C)CC1C. The van der Waals surface area contributed by atoms with Gasteiger partial charge in [-0.15, -0.1) is 0 Å². The third kappa shape index (κ3) is 4.53. The summed E-state index contributed by atoms with van der Waals surface area (Å²) in [7, 11) is 2.22. The Balaban J connectivity index is 2.00. The maximum Gasteiger partial charge on any atom is 0.0358 e. The molecule has 3 nitrogen and oxygen atoms in total. The largest absolute Gasteiger partial charge is 0.310 e. The number of hydrogen-bond donors (Lipinski definition) is 1. The molecule has 0 amide bonds. The molecule has 0 aromatic heterocycles. The van der Waals surface area contributed by atoms with E-state index in [2.05, 4.69) is 73.3 Å². The van der Waals surface area contributed by atoms with Crippen molar-refractivity contribution in [2.45, 2.75) is 32.9 Å². The Bertz CT molecular complexity index is 406. The Labute approximate surface area is 130 Å². The zero-order chi connectivity index (χ0) is 15.2. The van der Waals surface area contributed by atoms with E-state index < -0.39 is 0 Å². The number of nitrogens with one attached hydrogen (secondary N) is 1. The summed E-state index contributed by atoms with van der Waals surface area (Å²) in [6.07, 6.45) is 0. The number of hydrogen-bond acceptors (Lipinski definition) is 3. The molecule has 0 bridgehead atoms. The summed E-state index contributed by atoms with van der Waals surface area (Å²) in [5, 5.41) is 3.67. The van der Waals surface area contributed by atoms with Gasteiger partial charge in [-0.3, -0.25) is 4.90 Å². The number of rotatable bonds is 6. The minimum absolute atomic E-state index is 0.447. The quantitative estimate of drug-likeness (QED) is 0.868. The monoisotopic (exact) mass is 289 g/mol. The third-order valence-electron chi connectivity index (χ3n) is 4.64. The summed E-state index contributed by atoms with van der Waals surface area (Å²) in [6, 6.07) is 12.0. The summed E-state index contributed by atoms with van der Waals surface area (Å²) in [6.45, 7) is 12.7. The van der Waals surface area contributed by atoms with Gasteiger partial charge in [0, 0.05) is 38.3 Å². The van der Waals surface area contributed by atoms with Crippen molar-refractivity contribution in [2.75, 3.05) is 39.8 Å². The van der Waals surface area contributed by atoms with E-state index in [9.17, 15) is 0 Å². The van der Waals surface area contributed by atoms with E-state index in [1.807, 2.05) is 0 Å². The van der Waals surface area contributed by atoms with E-state index in [-0.39, 0.29) is 0 Å². The third-order valence-corrected chi connectivity index (χ3v) is 4.64. The molecule has 0 spiro atoms. The maximum absolute atomic E-state index is 3.67. The lowest BCUT2D eigenvalue weighted by atomic mass is 9.93. The summed E-state index contributed by atoms with van der Waals surface area (Å²) in [5.41, 5.74) is 1.41. The van der Waals surface area contributed by atoms with E-state index in [0.717, 1.165) is 6.54 Å². The molecule has 118 valence electrons. The first kappa shape index (κ1) is 16.5. The van der Waals surface area contributed by atoms with Crippen molar-refractivity contribution in [3.63, 3.8) is 0 Å². The van der Waals surface area contributed by atoms with Crippen LogP contribution in [0.4, 0.5) is 0 Å². The Morgan fingerprint density at radius 3 is 2.57 bits per heavy atom. The lowest BCUT2D eigenvalue weighted by Crippen LogP contribution is -2.52. The molecule has 3 unspecified atom stereocenters. The van der Waals surface area contributed by atoms with Crippen LogP contribution in [0.2, 0.25) is 0 Å². The minimum atomic E-state index is 0.447. The number of piperazine rings is 1. The van der Waals surface area contributed by atoms with Crippen LogP contribution in [0.3, 0.4) is 0 Å². The molecule has 0 saturated carbocycles. The van der Waals surface area contributed by atoms with Gasteiger partial charge in [0.15, 0.2) is 0 Å². The van der Waals surface area contributed by atoms with Gasteiger partial charge in [-0.05, 0) is 32.0 Å². The van der Waals surface area contributed by atoms with Crippen molar-refractivity contribution in [1.82, 2.24) is 15.1 Å². The molecule has 2 rings (SSSR count). The zero-order valence-electron chi connectivity index (χ0n) is 14.0. The molecular weight excluding hydrogens is 258 g/mol. The molecular formula is C18H31N3. The van der Waals surface area contributed by atoms with E-state index in [1.165, 1.54) is 31.7 Å². The molecule has 1 heterocycles. The number of likely N-dealkylation sites (N-methyl/N-ethyl adjacent to an activating group) is 1. The molecule has 0 radical (unpaired) electrons. The summed E-state index contributed by atoms with van der Waals surface area (Å²) in [4.78, 5) is 5.09. The van der Waals surface area contributed by atoms with Gasteiger partial charge in [-0.2, -0.15) is 0 Å². The van der Waals surface area contributed by atoms with E-state index in [1.54, 1.807) is 0 Å². The Morgan fingerprint density at radius 2 is 1.95 bits per heavy atom. The molecule has 3 atom stereocenters. The lowest BCUT2D eigenvalue weighted by molar-refractivity contribution is 0.0808. The van der Waals surface area contributed by atoms with Crippen molar-refractivity contribution in [3.8, 4) is 0 Å². The van der Waals surface area contributed by atoms with Crippen LogP contribution >= 0.6 is 0 Å². The predicted molar refractivity (Wildman–Crippen MR) is 90.6 cm³/mol. The first-order valence-corrected chi connectivity index (χ1v) is 8.32. The molecule has 1 aromatic rings. The second-order valence-corrected chi connectivity index (χ2v) is 6.53. The van der Waals surface area contributed by atoms with E-state index in [0.29, 0.717) is 18.0 Å². The van der Waals surface area contributed by atoms with Crippen molar-refractivity contribution < 1.29 is 0 Å². The van der Waals surface area contributed by atoms with Gasteiger partial charge in [0.1, 0.15) is 0 Å². The molecule has 1 aromatic carbocycles. The summed E-state index contributed by atoms with van der Waals surface area (Å²) in [5.74, 6) is 0.609. The highest BCUT2D eigenvalue weighted by Crippen LogP contribution is 2.24. The normalized spacial score (nSPS) is 23.9. The van der Waals surface area contributed by atoms with Crippen LogP contribution in [0, 0.1) is 5.92 Å². The van der Waals surface area contributed by atoms with Crippen molar-refractivity contribution in [3.05, 3.63) is 35.9 Å². The van der Waals surface area contributed by atoms with Crippen molar-refractivity contribution in [1.29, 1.82) is 0 Å².